The van der Waals surface area contributed by atoms with E-state index >= 15 is 0 Å². The lowest BCUT2D eigenvalue weighted by Crippen LogP contribution is -2.45. The van der Waals surface area contributed by atoms with Gasteiger partial charge in [0.15, 0.2) is 17.2 Å². The van der Waals surface area contributed by atoms with Gasteiger partial charge in [-0.05, 0) is 13.0 Å². The SMILES string of the molecule is [C-]#[N+]C[C@@H]1COc2cn3ncc4c3nc2N1Cc1cc(F)cnc1OC[C@@H](C)NC4=O. The van der Waals surface area contributed by atoms with Gasteiger partial charge in [0, 0.05) is 5.56 Å². The lowest BCUT2D eigenvalue weighted by atomic mass is 10.1. The van der Waals surface area contributed by atoms with Crippen LogP contribution in [0.2, 0.25) is 0 Å². The highest BCUT2D eigenvalue weighted by atomic mass is 19.1. The first-order valence-electron chi connectivity index (χ1n) is 9.72. The summed E-state index contributed by atoms with van der Waals surface area (Å²) in [5.74, 6) is 0.333. The maximum absolute atomic E-state index is 14.0. The lowest BCUT2D eigenvalue weighted by Gasteiger charge is -2.35. The predicted molar refractivity (Wildman–Crippen MR) is 107 cm³/mol. The molecule has 11 heteroatoms. The second kappa shape index (κ2) is 7.39. The van der Waals surface area contributed by atoms with Gasteiger partial charge < -0.3 is 24.5 Å². The highest BCUT2D eigenvalue weighted by Crippen LogP contribution is 2.35. The molecular formula is C20H18FN7O3. The number of halogens is 1. The van der Waals surface area contributed by atoms with Gasteiger partial charge in [-0.25, -0.2) is 25.4 Å². The van der Waals surface area contributed by atoms with Crippen LogP contribution in [0.25, 0.3) is 10.5 Å². The first-order valence-corrected chi connectivity index (χ1v) is 9.72. The van der Waals surface area contributed by atoms with Crippen molar-refractivity contribution in [3.05, 3.63) is 53.0 Å². The Morgan fingerprint density at radius 2 is 2.23 bits per heavy atom. The molecule has 31 heavy (non-hydrogen) atoms. The van der Waals surface area contributed by atoms with E-state index in [4.69, 9.17) is 16.0 Å². The summed E-state index contributed by atoms with van der Waals surface area (Å²) in [6.07, 6.45) is 4.19. The molecule has 0 aromatic carbocycles. The van der Waals surface area contributed by atoms with Crippen LogP contribution >= 0.6 is 0 Å². The number of amides is 1. The van der Waals surface area contributed by atoms with E-state index in [1.807, 2.05) is 4.90 Å². The van der Waals surface area contributed by atoms with E-state index in [2.05, 4.69) is 25.2 Å². The van der Waals surface area contributed by atoms with E-state index in [9.17, 15) is 9.18 Å². The summed E-state index contributed by atoms with van der Waals surface area (Å²) in [6.45, 7) is 9.89. The van der Waals surface area contributed by atoms with Crippen molar-refractivity contribution in [3.8, 4) is 11.6 Å². The molecule has 2 aliphatic rings. The number of pyridine rings is 1. The maximum atomic E-state index is 14.0. The summed E-state index contributed by atoms with van der Waals surface area (Å²) in [5, 5.41) is 7.08. The largest absolute Gasteiger partial charge is 0.486 e. The zero-order chi connectivity index (χ0) is 21.5. The van der Waals surface area contributed by atoms with Crippen LogP contribution in [-0.2, 0) is 6.54 Å². The van der Waals surface area contributed by atoms with Crippen molar-refractivity contribution in [1.29, 1.82) is 0 Å². The third-order valence-corrected chi connectivity index (χ3v) is 5.21. The molecule has 5 heterocycles. The Morgan fingerprint density at radius 3 is 3.06 bits per heavy atom. The van der Waals surface area contributed by atoms with Crippen molar-refractivity contribution < 1.29 is 18.7 Å². The summed E-state index contributed by atoms with van der Waals surface area (Å²) < 4.78 is 27.2. The summed E-state index contributed by atoms with van der Waals surface area (Å²) in [7, 11) is 0. The van der Waals surface area contributed by atoms with Crippen LogP contribution in [-0.4, -0.2) is 57.3 Å². The predicted octanol–water partition coefficient (Wildman–Crippen LogP) is 1.46. The Labute approximate surface area is 176 Å². The molecular weight excluding hydrogens is 405 g/mol. The molecule has 2 aliphatic heterocycles. The molecule has 158 valence electrons. The van der Waals surface area contributed by atoms with Crippen molar-refractivity contribution in [2.75, 3.05) is 24.7 Å². The number of nitrogens with zero attached hydrogens (tertiary/aromatic N) is 6. The molecule has 0 spiro atoms. The van der Waals surface area contributed by atoms with Crippen molar-refractivity contribution in [1.82, 2.24) is 24.9 Å². The molecule has 0 saturated heterocycles. The van der Waals surface area contributed by atoms with Gasteiger partial charge in [0.2, 0.25) is 12.4 Å². The molecule has 1 amide bonds. The van der Waals surface area contributed by atoms with Gasteiger partial charge >= 0.3 is 0 Å². The minimum atomic E-state index is -0.496. The first-order chi connectivity index (χ1) is 15.0. The number of carbonyl (C=O) groups is 1. The van der Waals surface area contributed by atoms with E-state index in [0.29, 0.717) is 28.3 Å². The molecule has 0 aliphatic carbocycles. The number of ether oxygens (including phenoxy) is 2. The van der Waals surface area contributed by atoms with Gasteiger partial charge in [0.25, 0.3) is 5.91 Å². The van der Waals surface area contributed by atoms with E-state index in [0.717, 1.165) is 6.20 Å². The van der Waals surface area contributed by atoms with Crippen molar-refractivity contribution >= 4 is 17.4 Å². The normalized spacial score (nSPS) is 20.4. The van der Waals surface area contributed by atoms with Gasteiger partial charge in [-0.3, -0.25) is 4.79 Å². The number of fused-ring (bicyclic) bond motifs is 1. The third kappa shape index (κ3) is 3.35. The molecule has 3 aromatic heterocycles. The second-order valence-electron chi connectivity index (χ2n) is 7.49. The molecule has 1 N–H and O–H groups in total. The summed E-state index contributed by atoms with van der Waals surface area (Å²) in [5.41, 5.74) is 1.18. The smallest absolute Gasteiger partial charge is 0.257 e. The fraction of sp³-hybridized carbons (Fsp3) is 0.350. The van der Waals surface area contributed by atoms with E-state index in [1.165, 1.54) is 16.8 Å². The Balaban J connectivity index is 1.70. The summed E-state index contributed by atoms with van der Waals surface area (Å²) in [4.78, 5) is 27.0. The molecule has 2 atom stereocenters. The maximum Gasteiger partial charge on any atom is 0.257 e. The summed E-state index contributed by atoms with van der Waals surface area (Å²) >= 11 is 0. The van der Waals surface area contributed by atoms with Crippen LogP contribution in [0.1, 0.15) is 22.8 Å². The van der Waals surface area contributed by atoms with Crippen LogP contribution in [0.3, 0.4) is 0 Å². The fourth-order valence-corrected chi connectivity index (χ4v) is 3.71. The highest BCUT2D eigenvalue weighted by Gasteiger charge is 2.34. The standard InChI is InChI=1S/C20H18FN7O3/c1-11-9-31-20-12(3-13(21)4-23-20)7-27-14(5-22-2)10-30-16-8-28-17(26-18(16)27)15(6-24-28)19(29)25-11/h3-4,6,8,11,14H,5,7,9-10H2,1H3,(H,25,29)/t11-,14-/m1/s1. The fourth-order valence-electron chi connectivity index (χ4n) is 3.71. The quantitative estimate of drug-likeness (QED) is 0.592. The second-order valence-corrected chi connectivity index (χ2v) is 7.49. The van der Waals surface area contributed by atoms with Crippen LogP contribution in [0, 0.1) is 12.4 Å². The van der Waals surface area contributed by atoms with Crippen LogP contribution in [0.15, 0.2) is 24.7 Å². The zero-order valence-corrected chi connectivity index (χ0v) is 16.6. The third-order valence-electron chi connectivity index (χ3n) is 5.21. The van der Waals surface area contributed by atoms with E-state index in [1.54, 1.807) is 13.1 Å². The Bertz CT molecular complexity index is 1220. The molecule has 0 fully saturated rings. The van der Waals surface area contributed by atoms with Crippen LogP contribution in [0.4, 0.5) is 10.2 Å². The van der Waals surface area contributed by atoms with Gasteiger partial charge in [0.1, 0.15) is 30.6 Å². The molecule has 5 rings (SSSR count). The van der Waals surface area contributed by atoms with Crippen molar-refractivity contribution in [3.63, 3.8) is 0 Å². The average Bonchev–Trinajstić information content (AvgIpc) is 3.16. The Kier molecular flexibility index (Phi) is 4.54. The first kappa shape index (κ1) is 19.0. The number of carbonyl (C=O) groups excluding carboxylic acids is 1. The molecule has 3 aromatic rings. The van der Waals surface area contributed by atoms with Gasteiger partial charge in [-0.2, -0.15) is 5.10 Å². The molecule has 0 radical (unpaired) electrons. The number of nitrogens with one attached hydrogen (secondary N) is 1. The summed E-state index contributed by atoms with van der Waals surface area (Å²) in [6, 6.07) is 0.699. The molecule has 10 nitrogen and oxygen atoms in total. The average molecular weight is 423 g/mol. The molecule has 2 bridgehead atoms. The van der Waals surface area contributed by atoms with E-state index in [-0.39, 0.29) is 50.2 Å². The van der Waals surface area contributed by atoms with Crippen molar-refractivity contribution in [2.24, 2.45) is 0 Å². The molecule has 0 unspecified atom stereocenters. The Hall–Kier alpha value is -3.94. The topological polar surface area (TPSA) is 98.2 Å². The monoisotopic (exact) mass is 423 g/mol. The minimum absolute atomic E-state index is 0.145. The number of anilines is 1. The highest BCUT2D eigenvalue weighted by molar-refractivity contribution is 6.00. The number of hydrogen-bond donors (Lipinski definition) is 1. The van der Waals surface area contributed by atoms with Gasteiger partial charge in [-0.1, -0.05) is 0 Å². The zero-order valence-electron chi connectivity index (χ0n) is 16.6. The molecule has 0 saturated carbocycles. The lowest BCUT2D eigenvalue weighted by molar-refractivity contribution is 0.0927. The van der Waals surface area contributed by atoms with Crippen molar-refractivity contribution in [2.45, 2.75) is 25.6 Å². The van der Waals surface area contributed by atoms with Gasteiger partial charge in [-0.15, -0.1) is 0 Å². The minimum Gasteiger partial charge on any atom is -0.486 e. The number of rotatable bonds is 1. The Morgan fingerprint density at radius 1 is 1.35 bits per heavy atom. The number of hydrogen-bond acceptors (Lipinski definition) is 7. The number of aromatic nitrogens is 4. The van der Waals surface area contributed by atoms with Gasteiger partial charge in [0.05, 0.1) is 31.2 Å². The van der Waals surface area contributed by atoms with Crippen LogP contribution < -0.4 is 19.7 Å². The van der Waals surface area contributed by atoms with Crippen LogP contribution in [0.5, 0.6) is 11.6 Å². The van der Waals surface area contributed by atoms with E-state index < -0.39 is 5.82 Å².